The fourth-order valence-corrected chi connectivity index (χ4v) is 2.49. The van der Waals surface area contributed by atoms with Gasteiger partial charge in [-0.3, -0.25) is 9.59 Å². The zero-order chi connectivity index (χ0) is 14.5. The second kappa shape index (κ2) is 6.85. The van der Waals surface area contributed by atoms with Crippen molar-refractivity contribution in [3.8, 4) is 0 Å². The maximum absolute atomic E-state index is 11.8. The van der Waals surface area contributed by atoms with Crippen LogP contribution in [0.5, 0.6) is 0 Å². The summed E-state index contributed by atoms with van der Waals surface area (Å²) >= 11 is 3.29. The summed E-state index contributed by atoms with van der Waals surface area (Å²) in [5.74, 6) is -0.568. The van der Waals surface area contributed by atoms with Crippen molar-refractivity contribution in [3.05, 3.63) is 34.3 Å². The Morgan fingerprint density at radius 1 is 1.25 bits per heavy atom. The molecule has 1 aromatic rings. The molecule has 2 atom stereocenters. The highest BCUT2D eigenvalue weighted by Crippen LogP contribution is 2.18. The van der Waals surface area contributed by atoms with Crippen LogP contribution in [0.2, 0.25) is 0 Å². The molecule has 3 N–H and O–H groups in total. The number of benzene rings is 1. The molecule has 0 unspecified atom stereocenters. The Hall–Kier alpha value is -1.40. The summed E-state index contributed by atoms with van der Waals surface area (Å²) in [5.41, 5.74) is 0.502. The maximum atomic E-state index is 11.8. The fraction of sp³-hybridized carbons (Fsp3) is 0.429. The number of aliphatic hydroxyl groups is 1. The average Bonchev–Trinajstić information content (AvgIpc) is 2.82. The minimum absolute atomic E-state index is 0.0852. The molecule has 2 rings (SSSR count). The first-order valence-corrected chi connectivity index (χ1v) is 7.37. The van der Waals surface area contributed by atoms with Crippen molar-refractivity contribution in [1.82, 2.24) is 10.6 Å². The van der Waals surface area contributed by atoms with E-state index in [-0.39, 0.29) is 24.4 Å². The number of hydrogen-bond donors (Lipinski definition) is 3. The Morgan fingerprint density at radius 2 is 1.95 bits per heavy atom. The van der Waals surface area contributed by atoms with E-state index in [0.717, 1.165) is 23.7 Å². The van der Waals surface area contributed by atoms with Gasteiger partial charge in [-0.25, -0.2) is 0 Å². The number of rotatable bonds is 4. The van der Waals surface area contributed by atoms with Crippen LogP contribution >= 0.6 is 15.9 Å². The minimum Gasteiger partial charge on any atom is -0.391 e. The summed E-state index contributed by atoms with van der Waals surface area (Å²) in [4.78, 5) is 23.5. The standard InChI is InChI=1S/C14H17BrN2O3/c15-10-6-4-9(5-7-10)14(20)16-8-13(19)17-11-2-1-3-12(11)18/h4-7,11-12,18H,1-3,8H2,(H,16,20)(H,17,19)/t11-,12-/m0/s1. The number of nitrogens with one attached hydrogen (secondary N) is 2. The number of aliphatic hydroxyl groups excluding tert-OH is 1. The van der Waals surface area contributed by atoms with Gasteiger partial charge in [0, 0.05) is 10.0 Å². The SMILES string of the molecule is O=C(CNC(=O)c1ccc(Br)cc1)N[C@H]1CCC[C@@H]1O. The first kappa shape index (κ1) is 15.0. The second-order valence-electron chi connectivity index (χ2n) is 4.86. The topological polar surface area (TPSA) is 78.4 Å². The van der Waals surface area contributed by atoms with E-state index in [2.05, 4.69) is 26.6 Å². The predicted octanol–water partition coefficient (Wildman–Crippen LogP) is 1.21. The van der Waals surface area contributed by atoms with Gasteiger partial charge in [-0.2, -0.15) is 0 Å². The molecular weight excluding hydrogens is 324 g/mol. The third-order valence-corrected chi connectivity index (χ3v) is 3.87. The molecule has 1 saturated carbocycles. The van der Waals surface area contributed by atoms with Gasteiger partial charge < -0.3 is 15.7 Å². The van der Waals surface area contributed by atoms with Crippen LogP contribution in [-0.4, -0.2) is 35.6 Å². The summed E-state index contributed by atoms with van der Waals surface area (Å²) in [6.07, 6.45) is 1.95. The van der Waals surface area contributed by atoms with E-state index in [9.17, 15) is 14.7 Å². The Kier molecular flexibility index (Phi) is 5.14. The number of amides is 2. The Morgan fingerprint density at radius 3 is 2.55 bits per heavy atom. The minimum atomic E-state index is -0.471. The summed E-state index contributed by atoms with van der Waals surface area (Å²) in [6, 6.07) is 6.70. The van der Waals surface area contributed by atoms with E-state index < -0.39 is 6.10 Å². The van der Waals surface area contributed by atoms with Crippen LogP contribution in [-0.2, 0) is 4.79 Å². The highest BCUT2D eigenvalue weighted by atomic mass is 79.9. The molecule has 2 amide bonds. The monoisotopic (exact) mass is 340 g/mol. The molecule has 1 fully saturated rings. The number of carbonyl (C=O) groups is 2. The maximum Gasteiger partial charge on any atom is 0.251 e. The van der Waals surface area contributed by atoms with E-state index in [0.29, 0.717) is 5.56 Å². The Bertz CT molecular complexity index is 490. The zero-order valence-corrected chi connectivity index (χ0v) is 12.5. The molecule has 0 saturated heterocycles. The van der Waals surface area contributed by atoms with E-state index in [1.165, 1.54) is 0 Å². The summed E-state index contributed by atoms with van der Waals surface area (Å²) in [6.45, 7) is -0.0852. The molecule has 0 bridgehead atoms. The van der Waals surface area contributed by atoms with E-state index in [1.54, 1.807) is 24.3 Å². The van der Waals surface area contributed by atoms with Gasteiger partial charge in [0.15, 0.2) is 0 Å². The molecule has 20 heavy (non-hydrogen) atoms. The van der Waals surface area contributed by atoms with Crippen LogP contribution in [0.25, 0.3) is 0 Å². The third kappa shape index (κ3) is 4.05. The van der Waals surface area contributed by atoms with Gasteiger partial charge in [-0.15, -0.1) is 0 Å². The van der Waals surface area contributed by atoms with Gasteiger partial charge in [0.2, 0.25) is 5.91 Å². The summed E-state index contributed by atoms with van der Waals surface area (Å²) in [5, 5.41) is 14.9. The van der Waals surface area contributed by atoms with Crippen molar-refractivity contribution in [2.45, 2.75) is 31.4 Å². The van der Waals surface area contributed by atoms with Crippen LogP contribution in [0.1, 0.15) is 29.6 Å². The van der Waals surface area contributed by atoms with Crippen molar-refractivity contribution >= 4 is 27.7 Å². The normalized spacial score (nSPS) is 21.5. The molecule has 5 nitrogen and oxygen atoms in total. The van der Waals surface area contributed by atoms with Gasteiger partial charge in [-0.1, -0.05) is 15.9 Å². The van der Waals surface area contributed by atoms with Crippen LogP contribution in [0.15, 0.2) is 28.7 Å². The quantitative estimate of drug-likeness (QED) is 0.770. The summed E-state index contributed by atoms with van der Waals surface area (Å²) < 4.78 is 0.891. The van der Waals surface area contributed by atoms with E-state index in [4.69, 9.17) is 0 Å². The highest BCUT2D eigenvalue weighted by Gasteiger charge is 2.26. The predicted molar refractivity (Wildman–Crippen MR) is 78.3 cm³/mol. The molecule has 0 heterocycles. The second-order valence-corrected chi connectivity index (χ2v) is 5.78. The molecule has 108 valence electrons. The fourth-order valence-electron chi connectivity index (χ4n) is 2.23. The van der Waals surface area contributed by atoms with Crippen molar-refractivity contribution in [2.75, 3.05) is 6.54 Å². The molecular formula is C14H17BrN2O3. The lowest BCUT2D eigenvalue weighted by Gasteiger charge is -2.16. The van der Waals surface area contributed by atoms with Crippen molar-refractivity contribution in [1.29, 1.82) is 0 Å². The van der Waals surface area contributed by atoms with Crippen molar-refractivity contribution in [3.63, 3.8) is 0 Å². The van der Waals surface area contributed by atoms with Crippen LogP contribution in [0.3, 0.4) is 0 Å². The lowest BCUT2D eigenvalue weighted by molar-refractivity contribution is -0.121. The van der Waals surface area contributed by atoms with Crippen LogP contribution in [0, 0.1) is 0 Å². The largest absolute Gasteiger partial charge is 0.391 e. The van der Waals surface area contributed by atoms with E-state index in [1.807, 2.05) is 0 Å². The van der Waals surface area contributed by atoms with Crippen molar-refractivity contribution < 1.29 is 14.7 Å². The number of carbonyl (C=O) groups excluding carboxylic acids is 2. The molecule has 6 heteroatoms. The smallest absolute Gasteiger partial charge is 0.251 e. The molecule has 1 aromatic carbocycles. The van der Waals surface area contributed by atoms with Gasteiger partial charge in [-0.05, 0) is 43.5 Å². The van der Waals surface area contributed by atoms with Crippen LogP contribution in [0.4, 0.5) is 0 Å². The van der Waals surface area contributed by atoms with Crippen molar-refractivity contribution in [2.24, 2.45) is 0 Å². The first-order valence-electron chi connectivity index (χ1n) is 6.57. The lowest BCUT2D eigenvalue weighted by Crippen LogP contribution is -2.44. The molecule has 0 radical (unpaired) electrons. The lowest BCUT2D eigenvalue weighted by atomic mass is 10.2. The number of hydrogen-bond acceptors (Lipinski definition) is 3. The molecule has 0 aliphatic heterocycles. The van der Waals surface area contributed by atoms with Gasteiger partial charge >= 0.3 is 0 Å². The molecule has 0 aromatic heterocycles. The van der Waals surface area contributed by atoms with Gasteiger partial charge in [0.05, 0.1) is 18.7 Å². The average molecular weight is 341 g/mol. The molecule has 0 spiro atoms. The van der Waals surface area contributed by atoms with Gasteiger partial charge in [0.1, 0.15) is 0 Å². The highest BCUT2D eigenvalue weighted by molar-refractivity contribution is 9.10. The van der Waals surface area contributed by atoms with E-state index >= 15 is 0 Å². The summed E-state index contributed by atoms with van der Waals surface area (Å²) in [7, 11) is 0. The number of halogens is 1. The molecule has 1 aliphatic carbocycles. The Balaban J connectivity index is 1.78. The first-order chi connectivity index (χ1) is 9.56. The van der Waals surface area contributed by atoms with Gasteiger partial charge in [0.25, 0.3) is 5.91 Å². The van der Waals surface area contributed by atoms with Crippen LogP contribution < -0.4 is 10.6 Å². The third-order valence-electron chi connectivity index (χ3n) is 3.34. The Labute approximate surface area is 125 Å². The zero-order valence-electron chi connectivity index (χ0n) is 10.9. The molecule has 1 aliphatic rings.